The second-order valence-corrected chi connectivity index (χ2v) is 21.1. The van der Waals surface area contributed by atoms with Gasteiger partial charge in [-0.05, 0) is 96.8 Å². The highest BCUT2D eigenvalue weighted by Gasteiger charge is 2.38. The fraction of sp³-hybridized carbons (Fsp3) is 0.283. The molecule has 0 bridgehead atoms. The number of carbonyl (C=O) groups excluding carboxylic acids is 1. The van der Waals surface area contributed by atoms with Gasteiger partial charge in [0.15, 0.2) is 9.84 Å². The quantitative estimate of drug-likeness (QED) is 0.0900. The Bertz CT molecular complexity index is 2990. The number of alkyl carbamates (subject to hydrolysis) is 1. The van der Waals surface area contributed by atoms with Gasteiger partial charge < -0.3 is 30.0 Å². The highest BCUT2D eigenvalue weighted by atomic mass is 32.2. The number of thiazole rings is 1. The fourth-order valence-electron chi connectivity index (χ4n) is 7.05. The highest BCUT2D eigenvalue weighted by molar-refractivity contribution is 7.93. The third-order valence-corrected chi connectivity index (χ3v) is 15.0. The van der Waals surface area contributed by atoms with Crippen LogP contribution in [0.5, 0.6) is 17.2 Å². The van der Waals surface area contributed by atoms with E-state index < -0.39 is 53.6 Å². The number of hydrogen-bond acceptors (Lipinski definition) is 15. The maximum atomic E-state index is 16.0. The molecule has 0 spiro atoms. The lowest BCUT2D eigenvalue weighted by molar-refractivity contribution is 0.0531. The van der Waals surface area contributed by atoms with Crippen LogP contribution in [0.4, 0.5) is 4.79 Å². The molecule has 66 heavy (non-hydrogen) atoms. The minimum absolute atomic E-state index is 0.124. The number of fused-ring (bicyclic) bond motifs is 1. The van der Waals surface area contributed by atoms with Gasteiger partial charge in [-0.15, -0.1) is 21.5 Å². The first kappa shape index (κ1) is 47.5. The number of nitrogens with zero attached hydrogens (tertiary/aromatic N) is 6. The summed E-state index contributed by atoms with van der Waals surface area (Å²) >= 11 is 1.38. The lowest BCUT2D eigenvalue weighted by Crippen LogP contribution is -2.35. The van der Waals surface area contributed by atoms with E-state index in [1.807, 2.05) is 18.2 Å². The Kier molecular flexibility index (Phi) is 14.4. The number of methoxy groups -OCH3 is 3. The first-order valence-electron chi connectivity index (χ1n) is 20.6. The third-order valence-electron chi connectivity index (χ3n) is 10.2. The molecule has 20 heteroatoms. The van der Waals surface area contributed by atoms with E-state index in [2.05, 4.69) is 15.6 Å². The smallest absolute Gasteiger partial charge is 0.407 e. The number of benzene rings is 5. The van der Waals surface area contributed by atoms with Crippen molar-refractivity contribution in [1.29, 1.82) is 0 Å². The summed E-state index contributed by atoms with van der Waals surface area (Å²) in [5.74, 6) is 0.909. The van der Waals surface area contributed by atoms with Crippen LogP contribution in [-0.2, 0) is 50.8 Å². The summed E-state index contributed by atoms with van der Waals surface area (Å²) in [4.78, 5) is 17.6. The van der Waals surface area contributed by atoms with Gasteiger partial charge in [0.05, 0.1) is 54.3 Å². The monoisotopic (exact) mass is 954 g/mol. The van der Waals surface area contributed by atoms with Crippen molar-refractivity contribution < 1.29 is 40.6 Å². The molecular weight excluding hydrogens is 905 g/mol. The van der Waals surface area contributed by atoms with Gasteiger partial charge in [-0.3, -0.25) is 0 Å². The van der Waals surface area contributed by atoms with Crippen LogP contribution >= 0.6 is 11.3 Å². The molecule has 0 aliphatic carbocycles. The number of ether oxygens (including phenoxy) is 4. The predicted molar refractivity (Wildman–Crippen MR) is 251 cm³/mol. The van der Waals surface area contributed by atoms with E-state index in [0.717, 1.165) is 10.3 Å². The van der Waals surface area contributed by atoms with Crippen LogP contribution in [-0.4, -0.2) is 91.7 Å². The van der Waals surface area contributed by atoms with Crippen molar-refractivity contribution in [2.45, 2.75) is 62.3 Å². The Morgan fingerprint density at radius 3 is 1.89 bits per heavy atom. The fourth-order valence-corrected chi connectivity index (χ4v) is 11.5. The SMILES string of the molecule is COc1ccc(CN(Cc2ccc(OC)cc2)S(=O)(=O)c2c(S(=O)(=O)CCNC(=O)OC(C)(C)C)ccc(-c3cccc4sc(CN)nc34)c2-c2nnn(Cc3ccc(OC)cc3)n2)cc1. The van der Waals surface area contributed by atoms with E-state index in [9.17, 15) is 13.2 Å². The summed E-state index contributed by atoms with van der Waals surface area (Å²) < 4.78 is 85.1. The molecule has 7 rings (SSSR count). The molecule has 346 valence electrons. The molecule has 1 amide bonds. The summed E-state index contributed by atoms with van der Waals surface area (Å²) in [6.07, 6.45) is -0.836. The van der Waals surface area contributed by atoms with Crippen molar-refractivity contribution in [2.75, 3.05) is 33.6 Å². The van der Waals surface area contributed by atoms with Crippen LogP contribution in [0.1, 0.15) is 42.5 Å². The summed E-state index contributed by atoms with van der Waals surface area (Å²) in [6.45, 7) is 4.54. The van der Waals surface area contributed by atoms with Crippen LogP contribution < -0.4 is 25.3 Å². The van der Waals surface area contributed by atoms with Crippen molar-refractivity contribution in [3.8, 4) is 39.8 Å². The summed E-state index contributed by atoms with van der Waals surface area (Å²) in [5.41, 5.74) is 8.30. The summed E-state index contributed by atoms with van der Waals surface area (Å²) in [5, 5.41) is 16.6. The molecular formula is C46H50N8O9S3. The number of amides is 1. The molecule has 0 atom stereocenters. The molecule has 0 saturated heterocycles. The van der Waals surface area contributed by atoms with Crippen molar-refractivity contribution in [3.05, 3.63) is 125 Å². The molecule has 0 aliphatic heterocycles. The minimum atomic E-state index is -4.92. The number of sulfonamides is 1. The number of hydrogen-bond donors (Lipinski definition) is 2. The molecule has 0 aliphatic rings. The van der Waals surface area contributed by atoms with E-state index in [0.29, 0.717) is 44.5 Å². The van der Waals surface area contributed by atoms with Gasteiger partial charge in [0.25, 0.3) is 0 Å². The number of sulfone groups is 1. The van der Waals surface area contributed by atoms with Crippen LogP contribution in [0, 0.1) is 0 Å². The minimum Gasteiger partial charge on any atom is -0.497 e. The lowest BCUT2D eigenvalue weighted by Gasteiger charge is -2.26. The molecule has 0 radical (unpaired) electrons. The molecule has 3 N–H and O–H groups in total. The number of tetrazole rings is 1. The maximum absolute atomic E-state index is 16.0. The predicted octanol–water partition coefficient (Wildman–Crippen LogP) is 6.84. The molecule has 2 heterocycles. The van der Waals surface area contributed by atoms with Crippen LogP contribution in [0.25, 0.3) is 32.7 Å². The molecule has 0 unspecified atom stereocenters. The van der Waals surface area contributed by atoms with Gasteiger partial charge in [0.2, 0.25) is 15.8 Å². The Hall–Kier alpha value is -6.45. The van der Waals surface area contributed by atoms with Gasteiger partial charge in [0.1, 0.15) is 32.8 Å². The molecule has 0 saturated carbocycles. The van der Waals surface area contributed by atoms with Gasteiger partial charge in [-0.25, -0.2) is 26.6 Å². The zero-order valence-electron chi connectivity index (χ0n) is 37.2. The van der Waals surface area contributed by atoms with Gasteiger partial charge >= 0.3 is 6.09 Å². The van der Waals surface area contributed by atoms with E-state index in [1.54, 1.807) is 101 Å². The van der Waals surface area contributed by atoms with E-state index in [1.165, 1.54) is 46.8 Å². The highest BCUT2D eigenvalue weighted by Crippen LogP contribution is 2.44. The van der Waals surface area contributed by atoms with Crippen molar-refractivity contribution in [2.24, 2.45) is 5.73 Å². The maximum Gasteiger partial charge on any atom is 0.407 e. The second kappa shape index (κ2) is 20.0. The zero-order valence-corrected chi connectivity index (χ0v) is 39.7. The Morgan fingerprint density at radius 1 is 0.773 bits per heavy atom. The molecule has 17 nitrogen and oxygen atoms in total. The van der Waals surface area contributed by atoms with Crippen LogP contribution in [0.2, 0.25) is 0 Å². The van der Waals surface area contributed by atoms with Crippen molar-refractivity contribution in [3.63, 3.8) is 0 Å². The Morgan fingerprint density at radius 2 is 1.35 bits per heavy atom. The van der Waals surface area contributed by atoms with Crippen molar-refractivity contribution >= 4 is 47.5 Å². The number of nitrogens with one attached hydrogen (secondary N) is 1. The van der Waals surface area contributed by atoms with Gasteiger partial charge in [-0.1, -0.05) is 54.6 Å². The Balaban J connectivity index is 1.48. The average Bonchev–Trinajstić information content (AvgIpc) is 3.95. The Labute approximate surface area is 387 Å². The largest absolute Gasteiger partial charge is 0.497 e. The number of rotatable bonds is 18. The van der Waals surface area contributed by atoms with E-state index >= 15 is 8.42 Å². The number of para-hydroxylation sites is 1. The average molecular weight is 955 g/mol. The van der Waals surface area contributed by atoms with E-state index in [-0.39, 0.29) is 43.1 Å². The first-order valence-corrected chi connectivity index (χ1v) is 24.6. The molecule has 7 aromatic rings. The van der Waals surface area contributed by atoms with Crippen LogP contribution in [0.15, 0.2) is 113 Å². The number of aromatic nitrogens is 5. The molecule has 0 fully saturated rings. The second-order valence-electron chi connectivity index (χ2n) is 16.0. The third kappa shape index (κ3) is 11.0. The summed E-state index contributed by atoms with van der Waals surface area (Å²) in [7, 11) is -4.86. The first-order chi connectivity index (χ1) is 31.5. The summed E-state index contributed by atoms with van der Waals surface area (Å²) in [6, 6.07) is 29.2. The normalized spacial score (nSPS) is 12.1. The topological polar surface area (TPSA) is 220 Å². The van der Waals surface area contributed by atoms with Gasteiger partial charge in [-0.2, -0.15) is 9.10 Å². The van der Waals surface area contributed by atoms with Gasteiger partial charge in [0, 0.05) is 31.7 Å². The number of carbonyl (C=O) groups is 1. The van der Waals surface area contributed by atoms with E-state index in [4.69, 9.17) is 34.8 Å². The van der Waals surface area contributed by atoms with Crippen LogP contribution in [0.3, 0.4) is 0 Å². The van der Waals surface area contributed by atoms with Crippen molar-refractivity contribution in [1.82, 2.24) is 34.8 Å². The number of nitrogens with two attached hydrogens (primary N) is 1. The zero-order chi connectivity index (χ0) is 47.2. The molecule has 5 aromatic carbocycles. The lowest BCUT2D eigenvalue weighted by atomic mass is 9.98. The standard InChI is InChI=1S/C46H50N8O9S3/c1-46(2,3)63-45(55)48-24-25-65(56,57)39-23-22-36(37-8-7-9-38-42(37)49-40(26-47)64-38)41(44-50-52-54(51-44)29-32-14-20-35(62-6)21-15-32)43(39)66(58,59)53(27-30-10-16-33(60-4)17-11-30)28-31-12-18-34(61-5)19-13-31/h7-23H,24-29,47H2,1-6H3,(H,48,55). The molecule has 2 aromatic heterocycles.